The molecule has 142 valence electrons. The van der Waals surface area contributed by atoms with Gasteiger partial charge in [-0.05, 0) is 31.9 Å². The van der Waals surface area contributed by atoms with Crippen LogP contribution >= 0.6 is 11.8 Å². The van der Waals surface area contributed by atoms with Crippen molar-refractivity contribution in [2.45, 2.75) is 46.0 Å². The van der Waals surface area contributed by atoms with Crippen molar-refractivity contribution in [2.75, 3.05) is 51.0 Å². The molecule has 0 bridgehead atoms. The Morgan fingerprint density at radius 1 is 0.875 bits per heavy atom. The number of hydrogen-bond acceptors (Lipinski definition) is 5. The maximum Gasteiger partial charge on any atom is 0.229 e. The van der Waals surface area contributed by atoms with E-state index >= 15 is 0 Å². The monoisotopic (exact) mass is 362 g/mol. The summed E-state index contributed by atoms with van der Waals surface area (Å²) in [5.74, 6) is 1.69. The van der Waals surface area contributed by atoms with Crippen molar-refractivity contribution in [3.8, 4) is 0 Å². The van der Waals surface area contributed by atoms with Gasteiger partial charge in [0, 0.05) is 26.1 Å². The highest BCUT2D eigenvalue weighted by Crippen LogP contribution is 2.07. The molecule has 0 rings (SSSR count). The van der Waals surface area contributed by atoms with Crippen molar-refractivity contribution in [2.24, 2.45) is 0 Å². The smallest absolute Gasteiger partial charge is 0.229 e. The summed E-state index contributed by atoms with van der Waals surface area (Å²) in [6.07, 6.45) is 4.47. The molecule has 0 aliphatic rings. The lowest BCUT2D eigenvalue weighted by Gasteiger charge is -2.07. The summed E-state index contributed by atoms with van der Waals surface area (Å²) < 4.78 is 10.5. The SMILES string of the molecule is CCCNC(=O)CSCCCCCC(=O)NCCOCCOCC. The standard InChI is InChI=1S/C17H34N2O4S/c1-3-9-18-17(21)15-24-14-7-5-6-8-16(20)19-10-11-23-13-12-22-4-2/h3-15H2,1-2H3,(H,18,21)(H,19,20). The van der Waals surface area contributed by atoms with Gasteiger partial charge in [0.1, 0.15) is 0 Å². The van der Waals surface area contributed by atoms with Crippen molar-refractivity contribution in [3.63, 3.8) is 0 Å². The molecule has 0 unspecified atom stereocenters. The van der Waals surface area contributed by atoms with Crippen LogP contribution in [0.5, 0.6) is 0 Å². The van der Waals surface area contributed by atoms with Gasteiger partial charge in [0.2, 0.25) is 11.8 Å². The first-order chi connectivity index (χ1) is 11.7. The van der Waals surface area contributed by atoms with Gasteiger partial charge in [-0.1, -0.05) is 13.3 Å². The van der Waals surface area contributed by atoms with Gasteiger partial charge in [-0.2, -0.15) is 11.8 Å². The van der Waals surface area contributed by atoms with Crippen LogP contribution in [0.2, 0.25) is 0 Å². The molecule has 0 aliphatic heterocycles. The highest BCUT2D eigenvalue weighted by atomic mass is 32.2. The zero-order valence-corrected chi connectivity index (χ0v) is 16.1. The van der Waals surface area contributed by atoms with Crippen LogP contribution in [0.4, 0.5) is 0 Å². The van der Waals surface area contributed by atoms with Gasteiger partial charge in [-0.15, -0.1) is 0 Å². The largest absolute Gasteiger partial charge is 0.379 e. The van der Waals surface area contributed by atoms with Gasteiger partial charge < -0.3 is 20.1 Å². The molecule has 0 fully saturated rings. The summed E-state index contributed by atoms with van der Waals surface area (Å²) in [4.78, 5) is 23.0. The maximum absolute atomic E-state index is 11.6. The van der Waals surface area contributed by atoms with Crippen LogP contribution in [0.15, 0.2) is 0 Å². The third-order valence-corrected chi connectivity index (χ3v) is 4.19. The molecule has 0 aromatic rings. The van der Waals surface area contributed by atoms with E-state index in [0.717, 1.165) is 38.0 Å². The average molecular weight is 363 g/mol. The zero-order chi connectivity index (χ0) is 17.9. The van der Waals surface area contributed by atoms with Crippen LogP contribution in [-0.4, -0.2) is 62.8 Å². The summed E-state index contributed by atoms with van der Waals surface area (Å²) in [6, 6.07) is 0. The van der Waals surface area contributed by atoms with Crippen LogP contribution in [0.25, 0.3) is 0 Å². The van der Waals surface area contributed by atoms with Gasteiger partial charge in [0.05, 0.1) is 25.6 Å². The molecule has 7 heteroatoms. The van der Waals surface area contributed by atoms with Crippen LogP contribution in [0.3, 0.4) is 0 Å². The van der Waals surface area contributed by atoms with Crippen molar-refractivity contribution in [1.82, 2.24) is 10.6 Å². The fourth-order valence-electron chi connectivity index (χ4n) is 1.86. The van der Waals surface area contributed by atoms with Crippen LogP contribution in [0, 0.1) is 0 Å². The Morgan fingerprint density at radius 3 is 2.38 bits per heavy atom. The Labute approximate surface area is 150 Å². The van der Waals surface area contributed by atoms with Gasteiger partial charge >= 0.3 is 0 Å². The average Bonchev–Trinajstić information content (AvgIpc) is 2.58. The topological polar surface area (TPSA) is 76.7 Å². The second kappa shape index (κ2) is 18.5. The van der Waals surface area contributed by atoms with Crippen molar-refractivity contribution >= 4 is 23.6 Å². The first kappa shape index (κ1) is 23.2. The molecule has 0 atom stereocenters. The van der Waals surface area contributed by atoms with E-state index in [1.54, 1.807) is 11.8 Å². The molecular weight excluding hydrogens is 328 g/mol. The van der Waals surface area contributed by atoms with Crippen molar-refractivity contribution in [3.05, 3.63) is 0 Å². The predicted octanol–water partition coefficient (Wildman–Crippen LogP) is 1.98. The molecule has 2 amide bonds. The minimum Gasteiger partial charge on any atom is -0.379 e. The number of carbonyl (C=O) groups excluding carboxylic acids is 2. The Morgan fingerprint density at radius 2 is 1.62 bits per heavy atom. The number of rotatable bonds is 17. The number of hydrogen-bond donors (Lipinski definition) is 2. The molecule has 0 radical (unpaired) electrons. The van der Waals surface area contributed by atoms with Gasteiger partial charge in [-0.25, -0.2) is 0 Å². The summed E-state index contributed by atoms with van der Waals surface area (Å²) in [5.41, 5.74) is 0. The fourth-order valence-corrected chi connectivity index (χ4v) is 2.70. The quantitative estimate of drug-likeness (QED) is 0.387. The van der Waals surface area contributed by atoms with E-state index in [1.807, 2.05) is 13.8 Å². The number of nitrogens with one attached hydrogen (secondary N) is 2. The minimum atomic E-state index is 0.0787. The molecule has 2 N–H and O–H groups in total. The summed E-state index contributed by atoms with van der Waals surface area (Å²) in [7, 11) is 0. The van der Waals surface area contributed by atoms with E-state index in [2.05, 4.69) is 10.6 Å². The minimum absolute atomic E-state index is 0.0787. The van der Waals surface area contributed by atoms with Gasteiger partial charge in [-0.3, -0.25) is 9.59 Å². The summed E-state index contributed by atoms with van der Waals surface area (Å²) >= 11 is 1.66. The molecule has 6 nitrogen and oxygen atoms in total. The molecule has 24 heavy (non-hydrogen) atoms. The van der Waals surface area contributed by atoms with Crippen molar-refractivity contribution < 1.29 is 19.1 Å². The lowest BCUT2D eigenvalue weighted by atomic mass is 10.2. The molecule has 0 saturated carbocycles. The first-order valence-corrected chi connectivity index (χ1v) is 10.1. The normalized spacial score (nSPS) is 10.6. The van der Waals surface area contributed by atoms with E-state index in [4.69, 9.17) is 9.47 Å². The number of thioether (sulfide) groups is 1. The number of amides is 2. The highest BCUT2D eigenvalue weighted by molar-refractivity contribution is 7.99. The van der Waals surface area contributed by atoms with Crippen LogP contribution < -0.4 is 10.6 Å². The number of carbonyl (C=O) groups is 2. The van der Waals surface area contributed by atoms with Gasteiger partial charge in [0.25, 0.3) is 0 Å². The molecule has 0 spiro atoms. The third kappa shape index (κ3) is 17.6. The Balaban J connectivity index is 3.24. The molecule has 0 saturated heterocycles. The molecule has 0 aromatic carbocycles. The molecular formula is C17H34N2O4S. The predicted molar refractivity (Wildman–Crippen MR) is 99.4 cm³/mol. The van der Waals surface area contributed by atoms with E-state index in [-0.39, 0.29) is 11.8 Å². The van der Waals surface area contributed by atoms with Crippen LogP contribution in [-0.2, 0) is 19.1 Å². The molecule has 0 heterocycles. The Kier molecular flexibility index (Phi) is 17.9. The second-order valence-corrected chi connectivity index (χ2v) is 6.48. The lowest BCUT2D eigenvalue weighted by Crippen LogP contribution is -2.27. The lowest BCUT2D eigenvalue weighted by molar-refractivity contribution is -0.121. The summed E-state index contributed by atoms with van der Waals surface area (Å²) in [6.45, 7) is 7.68. The van der Waals surface area contributed by atoms with E-state index in [0.29, 0.717) is 45.1 Å². The van der Waals surface area contributed by atoms with Gasteiger partial charge in [0.15, 0.2) is 0 Å². The highest BCUT2D eigenvalue weighted by Gasteiger charge is 2.02. The second-order valence-electron chi connectivity index (χ2n) is 5.37. The molecule has 0 aliphatic carbocycles. The number of unbranched alkanes of at least 4 members (excludes halogenated alkanes) is 2. The maximum atomic E-state index is 11.6. The van der Waals surface area contributed by atoms with E-state index < -0.39 is 0 Å². The number of ether oxygens (including phenoxy) is 2. The van der Waals surface area contributed by atoms with Crippen LogP contribution in [0.1, 0.15) is 46.0 Å². The van der Waals surface area contributed by atoms with E-state index in [1.165, 1.54) is 0 Å². The van der Waals surface area contributed by atoms with Crippen molar-refractivity contribution in [1.29, 1.82) is 0 Å². The summed E-state index contributed by atoms with van der Waals surface area (Å²) in [5, 5.41) is 5.71. The zero-order valence-electron chi connectivity index (χ0n) is 15.2. The molecule has 0 aromatic heterocycles. The Hall–Kier alpha value is -0.790. The Bertz CT molecular complexity index is 317. The fraction of sp³-hybridized carbons (Fsp3) is 0.882. The first-order valence-electron chi connectivity index (χ1n) is 8.97. The third-order valence-electron chi connectivity index (χ3n) is 3.14. The van der Waals surface area contributed by atoms with E-state index in [9.17, 15) is 9.59 Å².